The minimum absolute atomic E-state index is 0.122. The molecule has 1 rings (SSSR count). The van der Waals surface area contributed by atoms with Gasteiger partial charge in [-0.3, -0.25) is 9.59 Å². The molecule has 1 aromatic carbocycles. The van der Waals surface area contributed by atoms with Gasteiger partial charge in [-0.25, -0.2) is 0 Å². The number of para-hydroxylation sites is 1. The van der Waals surface area contributed by atoms with Gasteiger partial charge in [0.15, 0.2) is 0 Å². The van der Waals surface area contributed by atoms with Crippen molar-refractivity contribution in [3.63, 3.8) is 0 Å². The second-order valence-electron chi connectivity index (χ2n) is 3.59. The molecule has 0 radical (unpaired) electrons. The minimum atomic E-state index is -0.167. The smallest absolute Gasteiger partial charge is 0.253 e. The van der Waals surface area contributed by atoms with Crippen LogP contribution in [0.5, 0.6) is 0 Å². The minimum Gasteiger partial charge on any atom is -0.350 e. The van der Waals surface area contributed by atoms with E-state index in [0.29, 0.717) is 17.7 Å². The largest absolute Gasteiger partial charge is 0.350 e. The first-order valence-corrected chi connectivity index (χ1v) is 5.29. The number of anilines is 1. The van der Waals surface area contributed by atoms with Crippen LogP contribution in [0.1, 0.15) is 30.6 Å². The molecule has 1 unspecified atom stereocenters. The summed E-state index contributed by atoms with van der Waals surface area (Å²) in [5, 5.41) is 5.36. The lowest BCUT2D eigenvalue weighted by molar-refractivity contribution is -0.105. The molecule has 0 saturated heterocycles. The van der Waals surface area contributed by atoms with E-state index in [1.165, 1.54) is 0 Å². The maximum absolute atomic E-state index is 11.8. The zero-order valence-electron chi connectivity index (χ0n) is 9.49. The highest BCUT2D eigenvalue weighted by Gasteiger charge is 2.11. The summed E-state index contributed by atoms with van der Waals surface area (Å²) in [5.74, 6) is -0.167. The average Bonchev–Trinajstić information content (AvgIpc) is 2.30. The van der Waals surface area contributed by atoms with E-state index in [9.17, 15) is 9.59 Å². The number of amides is 2. The molecule has 2 amide bonds. The van der Waals surface area contributed by atoms with Crippen LogP contribution in [0.3, 0.4) is 0 Å². The number of carbonyl (C=O) groups excluding carboxylic acids is 2. The third-order valence-electron chi connectivity index (χ3n) is 2.38. The third-order valence-corrected chi connectivity index (χ3v) is 2.38. The number of carbonyl (C=O) groups is 2. The summed E-state index contributed by atoms with van der Waals surface area (Å²) in [5.41, 5.74) is 1.01. The summed E-state index contributed by atoms with van der Waals surface area (Å²) < 4.78 is 0. The fraction of sp³-hybridized carbons (Fsp3) is 0.333. The topological polar surface area (TPSA) is 58.2 Å². The average molecular weight is 220 g/mol. The standard InChI is InChI=1S/C12H16N2O2/c1-3-9(2)14-12(16)10-6-4-5-7-11(10)13-8-15/h4-9H,3H2,1-2H3,(H,13,15)(H,14,16). The van der Waals surface area contributed by atoms with Gasteiger partial charge in [-0.05, 0) is 25.5 Å². The van der Waals surface area contributed by atoms with Gasteiger partial charge < -0.3 is 10.6 Å². The van der Waals surface area contributed by atoms with Gasteiger partial charge in [-0.1, -0.05) is 19.1 Å². The first kappa shape index (κ1) is 12.2. The Bertz CT molecular complexity index is 377. The van der Waals surface area contributed by atoms with Gasteiger partial charge >= 0.3 is 0 Å². The van der Waals surface area contributed by atoms with Crippen molar-refractivity contribution in [2.75, 3.05) is 5.32 Å². The maximum atomic E-state index is 11.8. The van der Waals surface area contributed by atoms with Crippen molar-refractivity contribution in [3.8, 4) is 0 Å². The quantitative estimate of drug-likeness (QED) is 0.743. The summed E-state index contributed by atoms with van der Waals surface area (Å²) in [6.45, 7) is 3.94. The lowest BCUT2D eigenvalue weighted by atomic mass is 10.1. The molecule has 16 heavy (non-hydrogen) atoms. The first-order valence-electron chi connectivity index (χ1n) is 5.29. The molecule has 1 atom stereocenters. The summed E-state index contributed by atoms with van der Waals surface area (Å²) in [6.07, 6.45) is 1.43. The van der Waals surface area contributed by atoms with Crippen LogP contribution in [0.4, 0.5) is 5.69 Å². The lowest BCUT2D eigenvalue weighted by Gasteiger charge is -2.13. The van der Waals surface area contributed by atoms with Crippen LogP contribution >= 0.6 is 0 Å². The van der Waals surface area contributed by atoms with Crippen LogP contribution in [-0.2, 0) is 4.79 Å². The van der Waals surface area contributed by atoms with Gasteiger partial charge in [-0.2, -0.15) is 0 Å². The molecular formula is C12H16N2O2. The van der Waals surface area contributed by atoms with E-state index in [1.54, 1.807) is 24.3 Å². The molecule has 0 bridgehead atoms. The molecule has 0 heterocycles. The van der Waals surface area contributed by atoms with Crippen molar-refractivity contribution in [1.82, 2.24) is 5.32 Å². The maximum Gasteiger partial charge on any atom is 0.253 e. The Kier molecular flexibility index (Phi) is 4.51. The molecule has 0 fully saturated rings. The van der Waals surface area contributed by atoms with E-state index in [-0.39, 0.29) is 11.9 Å². The molecule has 0 spiro atoms. The predicted molar refractivity (Wildman–Crippen MR) is 63.3 cm³/mol. The number of nitrogens with one attached hydrogen (secondary N) is 2. The molecular weight excluding hydrogens is 204 g/mol. The molecule has 86 valence electrons. The van der Waals surface area contributed by atoms with E-state index >= 15 is 0 Å². The first-order chi connectivity index (χ1) is 7.69. The van der Waals surface area contributed by atoms with E-state index in [1.807, 2.05) is 13.8 Å². The van der Waals surface area contributed by atoms with Crippen LogP contribution in [-0.4, -0.2) is 18.4 Å². The Balaban J connectivity index is 2.85. The van der Waals surface area contributed by atoms with Crippen LogP contribution in [0.25, 0.3) is 0 Å². The summed E-state index contributed by atoms with van der Waals surface area (Å²) in [7, 11) is 0. The fourth-order valence-electron chi connectivity index (χ4n) is 1.27. The Morgan fingerprint density at radius 1 is 1.44 bits per heavy atom. The normalized spacial score (nSPS) is 11.6. The Morgan fingerprint density at radius 3 is 2.75 bits per heavy atom. The van der Waals surface area contributed by atoms with Crippen molar-refractivity contribution < 1.29 is 9.59 Å². The van der Waals surface area contributed by atoms with E-state index < -0.39 is 0 Å². The molecule has 4 heteroatoms. The van der Waals surface area contributed by atoms with Crippen LogP contribution in [0.2, 0.25) is 0 Å². The van der Waals surface area contributed by atoms with Crippen LogP contribution in [0.15, 0.2) is 24.3 Å². The number of rotatable bonds is 5. The Hall–Kier alpha value is -1.84. The van der Waals surface area contributed by atoms with Crippen LogP contribution < -0.4 is 10.6 Å². The SMILES string of the molecule is CCC(C)NC(=O)c1ccccc1NC=O. The molecule has 1 aromatic rings. The van der Waals surface area contributed by atoms with Gasteiger partial charge in [0.25, 0.3) is 5.91 Å². The third kappa shape index (κ3) is 3.08. The highest BCUT2D eigenvalue weighted by molar-refractivity contribution is 6.01. The van der Waals surface area contributed by atoms with Gasteiger partial charge in [0.1, 0.15) is 0 Å². The van der Waals surface area contributed by atoms with E-state index in [2.05, 4.69) is 10.6 Å². The highest BCUT2D eigenvalue weighted by atomic mass is 16.2. The van der Waals surface area contributed by atoms with Crippen molar-refractivity contribution in [2.45, 2.75) is 26.3 Å². The molecule has 0 saturated carbocycles. The van der Waals surface area contributed by atoms with Gasteiger partial charge in [0, 0.05) is 6.04 Å². The monoisotopic (exact) mass is 220 g/mol. The zero-order valence-corrected chi connectivity index (χ0v) is 9.49. The van der Waals surface area contributed by atoms with E-state index in [0.717, 1.165) is 6.42 Å². The number of hydrogen-bond donors (Lipinski definition) is 2. The second-order valence-corrected chi connectivity index (χ2v) is 3.59. The summed E-state index contributed by atoms with van der Waals surface area (Å²) in [4.78, 5) is 22.2. The molecule has 0 aromatic heterocycles. The van der Waals surface area contributed by atoms with Gasteiger partial charge in [0.05, 0.1) is 11.3 Å². The molecule has 0 aliphatic rings. The predicted octanol–water partition coefficient (Wildman–Crippen LogP) is 1.78. The van der Waals surface area contributed by atoms with Crippen molar-refractivity contribution in [1.29, 1.82) is 0 Å². The van der Waals surface area contributed by atoms with Crippen molar-refractivity contribution in [3.05, 3.63) is 29.8 Å². The second kappa shape index (κ2) is 5.90. The Labute approximate surface area is 95.0 Å². The van der Waals surface area contributed by atoms with Crippen molar-refractivity contribution >= 4 is 18.0 Å². The van der Waals surface area contributed by atoms with Crippen LogP contribution in [0, 0.1) is 0 Å². The molecule has 0 aliphatic heterocycles. The summed E-state index contributed by atoms with van der Waals surface area (Å²) in [6, 6.07) is 7.04. The van der Waals surface area contributed by atoms with Gasteiger partial charge in [-0.15, -0.1) is 0 Å². The molecule has 4 nitrogen and oxygen atoms in total. The van der Waals surface area contributed by atoms with E-state index in [4.69, 9.17) is 0 Å². The Morgan fingerprint density at radius 2 is 2.12 bits per heavy atom. The molecule has 0 aliphatic carbocycles. The zero-order chi connectivity index (χ0) is 12.0. The lowest BCUT2D eigenvalue weighted by Crippen LogP contribution is -2.32. The molecule has 2 N–H and O–H groups in total. The van der Waals surface area contributed by atoms with Crippen molar-refractivity contribution in [2.24, 2.45) is 0 Å². The van der Waals surface area contributed by atoms with Gasteiger partial charge in [0.2, 0.25) is 6.41 Å². The highest BCUT2D eigenvalue weighted by Crippen LogP contribution is 2.14. The summed E-state index contributed by atoms with van der Waals surface area (Å²) >= 11 is 0. The fourth-order valence-corrected chi connectivity index (χ4v) is 1.27. The number of benzene rings is 1. The number of hydrogen-bond acceptors (Lipinski definition) is 2.